The van der Waals surface area contributed by atoms with E-state index in [9.17, 15) is 9.90 Å². The van der Waals surface area contributed by atoms with Crippen LogP contribution in [0.4, 0.5) is 11.4 Å². The van der Waals surface area contributed by atoms with Crippen molar-refractivity contribution in [3.8, 4) is 5.88 Å². The fraction of sp³-hybridized carbons (Fsp3) is 0.214. The number of benzene rings is 1. The average Bonchev–Trinajstić information content (AvgIpc) is 3.24. The lowest BCUT2D eigenvalue weighted by Crippen LogP contribution is -2.18. The molecule has 0 amide bonds. The first-order valence-electron chi connectivity index (χ1n) is 6.54. The van der Waals surface area contributed by atoms with Crippen LogP contribution in [0.2, 0.25) is 0 Å². The van der Waals surface area contributed by atoms with E-state index in [1.54, 1.807) is 28.8 Å². The lowest BCUT2D eigenvalue weighted by molar-refractivity contribution is 0.405. The molecule has 1 aromatic carbocycles. The zero-order chi connectivity index (χ0) is 15.0. The van der Waals surface area contributed by atoms with Gasteiger partial charge in [-0.25, -0.2) is 0 Å². The van der Waals surface area contributed by atoms with Gasteiger partial charge in [-0.3, -0.25) is 19.3 Å². The second-order valence-electron chi connectivity index (χ2n) is 4.91. The van der Waals surface area contributed by atoms with Crippen molar-refractivity contribution in [2.45, 2.75) is 18.9 Å². The largest absolute Gasteiger partial charge is 0.494 e. The lowest BCUT2D eigenvalue weighted by Gasteiger charge is -2.09. The van der Waals surface area contributed by atoms with Gasteiger partial charge in [-0.2, -0.15) is 0 Å². The molecular formula is C14H14N4O2S. The fourth-order valence-electron chi connectivity index (χ4n) is 2.08. The predicted molar refractivity (Wildman–Crippen MR) is 83.9 cm³/mol. The molecule has 4 N–H and O–H groups in total. The van der Waals surface area contributed by atoms with Crippen LogP contribution in [0.1, 0.15) is 24.4 Å². The normalized spacial score (nSPS) is 14.7. The van der Waals surface area contributed by atoms with Crippen molar-refractivity contribution in [3.05, 3.63) is 45.0 Å². The topological polar surface area (TPSA) is 96.4 Å². The number of nitrogen functional groups attached to an aromatic ring is 1. The van der Waals surface area contributed by atoms with Crippen LogP contribution in [0.3, 0.4) is 0 Å². The maximum atomic E-state index is 11.9. The van der Waals surface area contributed by atoms with Gasteiger partial charge in [0.25, 0.3) is 5.56 Å². The van der Waals surface area contributed by atoms with Crippen molar-refractivity contribution in [1.82, 2.24) is 9.55 Å². The van der Waals surface area contributed by atoms with Crippen molar-refractivity contribution in [2.75, 3.05) is 5.73 Å². The number of nitrogens with zero attached hydrogens (tertiary/aromatic N) is 2. The Bertz CT molecular complexity index is 834. The zero-order valence-electron chi connectivity index (χ0n) is 11.1. The molecule has 6 nitrogen and oxygen atoms in total. The molecule has 108 valence electrons. The van der Waals surface area contributed by atoms with Gasteiger partial charge in [-0.1, -0.05) is 12.1 Å². The van der Waals surface area contributed by atoms with Crippen LogP contribution in [-0.4, -0.2) is 20.9 Å². The van der Waals surface area contributed by atoms with Crippen molar-refractivity contribution in [1.29, 1.82) is 0 Å². The van der Waals surface area contributed by atoms with E-state index in [1.165, 1.54) is 6.21 Å². The molecule has 1 aromatic heterocycles. The number of aromatic amines is 1. The van der Waals surface area contributed by atoms with Gasteiger partial charge in [0.05, 0.1) is 11.4 Å². The van der Waals surface area contributed by atoms with E-state index < -0.39 is 5.56 Å². The van der Waals surface area contributed by atoms with Crippen LogP contribution in [0.15, 0.2) is 34.1 Å². The van der Waals surface area contributed by atoms with E-state index in [4.69, 9.17) is 18.0 Å². The van der Waals surface area contributed by atoms with Crippen molar-refractivity contribution in [3.63, 3.8) is 0 Å². The summed E-state index contributed by atoms with van der Waals surface area (Å²) < 4.78 is 1.79. The fourth-order valence-corrected chi connectivity index (χ4v) is 2.41. The van der Waals surface area contributed by atoms with Gasteiger partial charge in [0.2, 0.25) is 5.88 Å². The number of aromatic hydroxyl groups is 1. The summed E-state index contributed by atoms with van der Waals surface area (Å²) in [5.74, 6) is -0.149. The Hall–Kier alpha value is -2.41. The quantitative estimate of drug-likeness (QED) is 0.460. The molecule has 3 rings (SSSR count). The van der Waals surface area contributed by atoms with Crippen molar-refractivity contribution < 1.29 is 5.11 Å². The summed E-state index contributed by atoms with van der Waals surface area (Å²) in [4.78, 5) is 18.7. The second kappa shape index (κ2) is 5.17. The van der Waals surface area contributed by atoms with Gasteiger partial charge in [-0.15, -0.1) is 0 Å². The molecule has 1 aliphatic carbocycles. The van der Waals surface area contributed by atoms with Crippen molar-refractivity contribution >= 4 is 29.8 Å². The summed E-state index contributed by atoms with van der Waals surface area (Å²) in [7, 11) is 0. The van der Waals surface area contributed by atoms with Crippen LogP contribution in [0.5, 0.6) is 5.88 Å². The number of para-hydroxylation sites is 2. The van der Waals surface area contributed by atoms with Crippen LogP contribution >= 0.6 is 12.2 Å². The number of nitrogens with two attached hydrogens (primary N) is 1. The Morgan fingerprint density at radius 3 is 2.81 bits per heavy atom. The Morgan fingerprint density at radius 1 is 1.43 bits per heavy atom. The Morgan fingerprint density at radius 2 is 2.14 bits per heavy atom. The highest BCUT2D eigenvalue weighted by atomic mass is 32.1. The van der Waals surface area contributed by atoms with Gasteiger partial charge in [-0.05, 0) is 37.2 Å². The summed E-state index contributed by atoms with van der Waals surface area (Å²) in [6.45, 7) is 0. The van der Waals surface area contributed by atoms with E-state index >= 15 is 0 Å². The molecule has 0 spiro atoms. The Balaban J connectivity index is 2.07. The average molecular weight is 302 g/mol. The molecule has 2 aromatic rings. The van der Waals surface area contributed by atoms with Crippen LogP contribution in [0, 0.1) is 4.77 Å². The number of hydrogen-bond acceptors (Lipinski definition) is 5. The van der Waals surface area contributed by atoms with Gasteiger partial charge in [0, 0.05) is 12.3 Å². The molecule has 0 saturated heterocycles. The van der Waals surface area contributed by atoms with Crippen LogP contribution in [0.25, 0.3) is 0 Å². The standard InChI is InChI=1S/C14H14N4O2S/c15-10-3-1-2-4-11(10)16-7-9-12(19)17-14(21)18(13(9)20)8-5-6-8/h1-4,7-8,20H,5-6,15H2,(H,17,19,21). The number of aliphatic imine (C=N–C) groups is 1. The molecule has 1 fully saturated rings. The summed E-state index contributed by atoms with van der Waals surface area (Å²) in [6.07, 6.45) is 3.19. The molecule has 0 radical (unpaired) electrons. The first-order valence-corrected chi connectivity index (χ1v) is 6.95. The van der Waals surface area contributed by atoms with Gasteiger partial charge >= 0.3 is 0 Å². The van der Waals surface area contributed by atoms with Gasteiger partial charge in [0.1, 0.15) is 5.56 Å². The molecule has 21 heavy (non-hydrogen) atoms. The molecule has 1 aliphatic rings. The van der Waals surface area contributed by atoms with E-state index in [2.05, 4.69) is 9.98 Å². The lowest BCUT2D eigenvalue weighted by atomic mass is 10.2. The zero-order valence-corrected chi connectivity index (χ0v) is 11.9. The molecule has 1 heterocycles. The summed E-state index contributed by atoms with van der Waals surface area (Å²) in [5, 5.41) is 10.3. The summed E-state index contributed by atoms with van der Waals surface area (Å²) in [6, 6.07) is 7.19. The monoisotopic (exact) mass is 302 g/mol. The van der Waals surface area contributed by atoms with E-state index in [0.29, 0.717) is 11.4 Å². The first kappa shape index (κ1) is 13.6. The third-order valence-corrected chi connectivity index (χ3v) is 3.63. The minimum atomic E-state index is -0.465. The highest BCUT2D eigenvalue weighted by molar-refractivity contribution is 7.71. The smallest absolute Gasteiger partial charge is 0.264 e. The molecule has 0 atom stereocenters. The van der Waals surface area contributed by atoms with Gasteiger partial charge < -0.3 is 10.8 Å². The molecule has 1 saturated carbocycles. The minimum Gasteiger partial charge on any atom is -0.494 e. The molecular weight excluding hydrogens is 288 g/mol. The Labute approximate surface area is 125 Å². The SMILES string of the molecule is Nc1ccccc1N=Cc1c(O)n(C2CC2)c(=S)[nH]c1=O. The number of anilines is 1. The molecule has 7 heteroatoms. The third-order valence-electron chi connectivity index (χ3n) is 3.33. The minimum absolute atomic E-state index is 0.0822. The highest BCUT2D eigenvalue weighted by Gasteiger charge is 2.27. The maximum absolute atomic E-state index is 11.9. The number of aromatic nitrogens is 2. The number of hydrogen-bond donors (Lipinski definition) is 3. The van der Waals surface area contributed by atoms with Gasteiger partial charge in [0.15, 0.2) is 4.77 Å². The number of H-pyrrole nitrogens is 1. The summed E-state index contributed by atoms with van der Waals surface area (Å²) >= 11 is 5.08. The number of nitrogens with one attached hydrogen (secondary N) is 1. The Kier molecular flexibility index (Phi) is 3.34. The highest BCUT2D eigenvalue weighted by Crippen LogP contribution is 2.38. The molecule has 0 aliphatic heterocycles. The number of rotatable bonds is 3. The second-order valence-corrected chi connectivity index (χ2v) is 5.30. The van der Waals surface area contributed by atoms with Crippen LogP contribution < -0.4 is 11.3 Å². The van der Waals surface area contributed by atoms with Crippen molar-refractivity contribution in [2.24, 2.45) is 4.99 Å². The molecule has 0 unspecified atom stereocenters. The van der Waals surface area contributed by atoms with Crippen LogP contribution in [-0.2, 0) is 0 Å². The van der Waals surface area contributed by atoms with E-state index in [-0.39, 0.29) is 22.3 Å². The third kappa shape index (κ3) is 2.59. The van der Waals surface area contributed by atoms with E-state index in [0.717, 1.165) is 12.8 Å². The molecule has 0 bridgehead atoms. The van der Waals surface area contributed by atoms with E-state index in [1.807, 2.05) is 0 Å². The predicted octanol–water partition coefficient (Wildman–Crippen LogP) is 2.28. The maximum Gasteiger partial charge on any atom is 0.264 e. The first-order chi connectivity index (χ1) is 10.1. The summed E-state index contributed by atoms with van der Waals surface area (Å²) in [5.41, 5.74) is 6.44.